The summed E-state index contributed by atoms with van der Waals surface area (Å²) < 4.78 is 39.1. The molecule has 0 amide bonds. The number of nitrogens with one attached hydrogen (secondary N) is 1. The number of carboxylic acid groups (broad SMARTS) is 1. The summed E-state index contributed by atoms with van der Waals surface area (Å²) in [4.78, 5) is 10.6. The third kappa shape index (κ3) is 2.79. The fourth-order valence-corrected chi connectivity index (χ4v) is 4.22. The Bertz CT molecular complexity index is 879. The lowest BCUT2D eigenvalue weighted by Crippen LogP contribution is -2.33. The van der Waals surface area contributed by atoms with Gasteiger partial charge in [0.15, 0.2) is 9.84 Å². The molecule has 1 aliphatic heterocycles. The number of para-hydroxylation sites is 1. The van der Waals surface area contributed by atoms with Crippen LogP contribution in [0, 0.1) is 5.82 Å². The molecule has 3 rings (SSSR count). The quantitative estimate of drug-likeness (QED) is 0.901. The number of fused-ring (bicyclic) bond motifs is 1. The van der Waals surface area contributed by atoms with Crippen molar-refractivity contribution in [2.45, 2.75) is 23.1 Å². The Labute approximate surface area is 132 Å². The van der Waals surface area contributed by atoms with Crippen molar-refractivity contribution in [1.82, 2.24) is 0 Å². The lowest BCUT2D eigenvalue weighted by atomic mass is 10.0. The molecule has 0 aliphatic carbocycles. The van der Waals surface area contributed by atoms with Crippen molar-refractivity contribution < 1.29 is 22.7 Å². The lowest BCUT2D eigenvalue weighted by Gasteiger charge is -2.26. The van der Waals surface area contributed by atoms with Crippen molar-refractivity contribution in [3.05, 3.63) is 59.4 Å². The third-order valence-corrected chi connectivity index (χ3v) is 5.90. The van der Waals surface area contributed by atoms with E-state index in [2.05, 4.69) is 5.32 Å². The topological polar surface area (TPSA) is 83.5 Å². The van der Waals surface area contributed by atoms with Crippen LogP contribution in [-0.4, -0.2) is 24.9 Å². The zero-order valence-corrected chi connectivity index (χ0v) is 12.8. The first-order valence-corrected chi connectivity index (χ1v) is 8.55. The van der Waals surface area contributed by atoms with Gasteiger partial charge in [-0.25, -0.2) is 17.6 Å². The summed E-state index contributed by atoms with van der Waals surface area (Å²) in [7, 11) is -3.81. The molecular weight excluding hydrogens is 321 g/mol. The highest BCUT2D eigenvalue weighted by molar-refractivity contribution is 7.92. The fourth-order valence-electron chi connectivity index (χ4n) is 2.65. The molecule has 1 heterocycles. The van der Waals surface area contributed by atoms with Gasteiger partial charge in [0.25, 0.3) is 0 Å². The zero-order valence-electron chi connectivity index (χ0n) is 12.0. The van der Waals surface area contributed by atoms with Crippen molar-refractivity contribution in [2.24, 2.45) is 0 Å². The minimum atomic E-state index is -3.81. The van der Waals surface area contributed by atoms with Crippen LogP contribution in [-0.2, 0) is 16.3 Å². The van der Waals surface area contributed by atoms with Crippen LogP contribution in [0.3, 0.4) is 0 Å². The van der Waals surface area contributed by atoms with Gasteiger partial charge in [-0.2, -0.15) is 0 Å². The summed E-state index contributed by atoms with van der Waals surface area (Å²) in [5.41, 5.74) is 1.23. The molecule has 5 nitrogen and oxygen atoms in total. The van der Waals surface area contributed by atoms with Crippen LogP contribution in [0.1, 0.15) is 22.3 Å². The summed E-state index contributed by atoms with van der Waals surface area (Å²) in [5, 5.41) is 10.9. The fraction of sp³-hybridized carbons (Fsp3) is 0.188. The van der Waals surface area contributed by atoms with Gasteiger partial charge in [-0.15, -0.1) is 0 Å². The van der Waals surface area contributed by atoms with Gasteiger partial charge < -0.3 is 10.4 Å². The van der Waals surface area contributed by atoms with Crippen LogP contribution in [0.2, 0.25) is 0 Å². The van der Waals surface area contributed by atoms with E-state index in [0.717, 1.165) is 29.4 Å². The number of hydrogen-bond donors (Lipinski definition) is 2. The average Bonchev–Trinajstić information content (AvgIpc) is 2.53. The molecule has 1 atom stereocenters. The first-order chi connectivity index (χ1) is 10.9. The predicted octanol–water partition coefficient (Wildman–Crippen LogP) is 2.68. The number of anilines is 1. The van der Waals surface area contributed by atoms with Crippen molar-refractivity contribution in [1.29, 1.82) is 0 Å². The maximum atomic E-state index is 13.8. The van der Waals surface area contributed by atoms with E-state index in [1.165, 1.54) is 0 Å². The molecular formula is C16H14FNO4S. The number of aromatic carboxylic acids is 1. The summed E-state index contributed by atoms with van der Waals surface area (Å²) >= 11 is 0. The van der Waals surface area contributed by atoms with E-state index >= 15 is 0 Å². The first-order valence-electron chi connectivity index (χ1n) is 7.01. The highest BCUT2D eigenvalue weighted by Gasteiger charge is 2.31. The largest absolute Gasteiger partial charge is 0.478 e. The molecule has 2 aromatic carbocycles. The van der Waals surface area contributed by atoms with Crippen molar-refractivity contribution in [3.63, 3.8) is 0 Å². The van der Waals surface area contributed by atoms with E-state index in [9.17, 15) is 17.6 Å². The summed E-state index contributed by atoms with van der Waals surface area (Å²) in [5.74, 6) is -2.49. The Balaban J connectivity index is 1.94. The molecule has 0 spiro atoms. The molecule has 0 aromatic heterocycles. The second kappa shape index (κ2) is 5.66. The van der Waals surface area contributed by atoms with Crippen LogP contribution >= 0.6 is 0 Å². The number of benzene rings is 2. The second-order valence-electron chi connectivity index (χ2n) is 5.32. The minimum Gasteiger partial charge on any atom is -0.478 e. The molecule has 23 heavy (non-hydrogen) atoms. The van der Waals surface area contributed by atoms with Crippen LogP contribution < -0.4 is 5.32 Å². The Morgan fingerprint density at radius 3 is 2.65 bits per heavy atom. The van der Waals surface area contributed by atoms with Crippen LogP contribution in [0.5, 0.6) is 0 Å². The predicted molar refractivity (Wildman–Crippen MR) is 82.7 cm³/mol. The number of carboxylic acids is 1. The van der Waals surface area contributed by atoms with Gasteiger partial charge in [0.2, 0.25) is 0 Å². The van der Waals surface area contributed by atoms with Crippen LogP contribution in [0.4, 0.5) is 10.1 Å². The van der Waals surface area contributed by atoms with Gasteiger partial charge in [0, 0.05) is 5.69 Å². The number of halogens is 1. The van der Waals surface area contributed by atoms with E-state index in [4.69, 9.17) is 5.11 Å². The van der Waals surface area contributed by atoms with Crippen LogP contribution in [0.15, 0.2) is 47.4 Å². The van der Waals surface area contributed by atoms with Crippen molar-refractivity contribution in [3.8, 4) is 0 Å². The number of rotatable bonds is 3. The smallest absolute Gasteiger partial charge is 0.338 e. The van der Waals surface area contributed by atoms with E-state index in [1.807, 2.05) is 18.2 Å². The van der Waals surface area contributed by atoms with E-state index in [-0.39, 0.29) is 4.90 Å². The second-order valence-corrected chi connectivity index (χ2v) is 7.45. The number of carbonyl (C=O) groups is 1. The molecule has 0 saturated carbocycles. The molecule has 1 unspecified atom stereocenters. The van der Waals surface area contributed by atoms with Crippen molar-refractivity contribution >= 4 is 21.5 Å². The molecule has 120 valence electrons. The number of aryl methyl sites for hydroxylation is 1. The molecule has 1 aliphatic rings. The normalized spacial score (nSPS) is 17.2. The third-order valence-electron chi connectivity index (χ3n) is 3.88. The Morgan fingerprint density at radius 2 is 1.96 bits per heavy atom. The number of hydrogen-bond acceptors (Lipinski definition) is 4. The Kier molecular flexibility index (Phi) is 3.81. The minimum absolute atomic E-state index is 0.225. The Hall–Kier alpha value is -2.41. The highest BCUT2D eigenvalue weighted by atomic mass is 32.2. The van der Waals surface area contributed by atoms with Crippen LogP contribution in [0.25, 0.3) is 0 Å². The standard InChI is InChI=1S/C16H14FNO4S/c17-13-9-11(6-7-12(13)16(19)20)23(21,22)15-8-5-10-3-1-2-4-14(10)18-15/h1-4,6-7,9,15,18H,5,8H2,(H,19,20). The van der Waals surface area contributed by atoms with Gasteiger partial charge in [0.05, 0.1) is 10.5 Å². The average molecular weight is 335 g/mol. The Morgan fingerprint density at radius 1 is 1.22 bits per heavy atom. The molecule has 2 aromatic rings. The molecule has 0 fully saturated rings. The highest BCUT2D eigenvalue weighted by Crippen LogP contribution is 2.30. The first kappa shape index (κ1) is 15.5. The number of sulfone groups is 1. The monoisotopic (exact) mass is 335 g/mol. The SMILES string of the molecule is O=C(O)c1ccc(S(=O)(=O)C2CCc3ccccc3N2)cc1F. The van der Waals surface area contributed by atoms with Gasteiger partial charge in [-0.1, -0.05) is 18.2 Å². The summed E-state index contributed by atoms with van der Waals surface area (Å²) in [6.07, 6.45) is 0.963. The van der Waals surface area contributed by atoms with Gasteiger partial charge >= 0.3 is 5.97 Å². The molecule has 2 N–H and O–H groups in total. The molecule has 0 bridgehead atoms. The van der Waals surface area contributed by atoms with Gasteiger partial charge in [-0.05, 0) is 42.7 Å². The van der Waals surface area contributed by atoms with Gasteiger partial charge in [0.1, 0.15) is 11.2 Å². The molecule has 0 saturated heterocycles. The van der Waals surface area contributed by atoms with E-state index < -0.39 is 32.6 Å². The van der Waals surface area contributed by atoms with E-state index in [0.29, 0.717) is 12.8 Å². The van der Waals surface area contributed by atoms with Crippen molar-refractivity contribution in [2.75, 3.05) is 5.32 Å². The zero-order chi connectivity index (χ0) is 16.6. The molecule has 0 radical (unpaired) electrons. The maximum absolute atomic E-state index is 13.8. The maximum Gasteiger partial charge on any atom is 0.338 e. The summed E-state index contributed by atoms with van der Waals surface area (Å²) in [6, 6.07) is 10.3. The molecule has 7 heteroatoms. The lowest BCUT2D eigenvalue weighted by molar-refractivity contribution is 0.0691. The van der Waals surface area contributed by atoms with E-state index in [1.54, 1.807) is 6.07 Å². The van der Waals surface area contributed by atoms with Gasteiger partial charge in [-0.3, -0.25) is 0 Å². The summed E-state index contributed by atoms with van der Waals surface area (Å²) in [6.45, 7) is 0.